The number of hydrogen-bond donors (Lipinski definition) is 3. The van der Waals surface area contributed by atoms with Crippen molar-refractivity contribution in [3.05, 3.63) is 33.2 Å². The van der Waals surface area contributed by atoms with Crippen LogP contribution in [0.25, 0.3) is 0 Å². The molecule has 5 nitrogen and oxygen atoms in total. The summed E-state index contributed by atoms with van der Waals surface area (Å²) in [5.74, 6) is -0.295. The molecule has 1 aromatic rings. The van der Waals surface area contributed by atoms with E-state index in [1.54, 1.807) is 6.07 Å². The third-order valence-corrected chi connectivity index (χ3v) is 3.64. The summed E-state index contributed by atoms with van der Waals surface area (Å²) in [5.41, 5.74) is 2.05. The van der Waals surface area contributed by atoms with Crippen LogP contribution in [-0.2, 0) is 12.8 Å². The van der Waals surface area contributed by atoms with Gasteiger partial charge in [-0.25, -0.2) is 0 Å². The van der Waals surface area contributed by atoms with Crippen molar-refractivity contribution in [2.45, 2.75) is 38.6 Å². The van der Waals surface area contributed by atoms with Crippen molar-refractivity contribution in [1.82, 2.24) is 15.6 Å². The molecule has 1 unspecified atom stereocenters. The number of halogens is 1. The van der Waals surface area contributed by atoms with Crippen LogP contribution in [0, 0.1) is 0 Å². The Morgan fingerprint density at radius 3 is 2.80 bits per heavy atom. The summed E-state index contributed by atoms with van der Waals surface area (Å²) in [6.45, 7) is 2.48. The minimum atomic E-state index is -0.295. The van der Waals surface area contributed by atoms with E-state index in [0.717, 1.165) is 36.9 Å². The number of aromatic nitrogens is 1. The summed E-state index contributed by atoms with van der Waals surface area (Å²) in [6, 6.07) is 1.94. The van der Waals surface area contributed by atoms with E-state index in [1.165, 1.54) is 0 Å². The summed E-state index contributed by atoms with van der Waals surface area (Å²) in [6.07, 6.45) is 4.08. The molecular formula is C14H22ClN3O2. The molecule has 0 bridgehead atoms. The van der Waals surface area contributed by atoms with E-state index in [9.17, 15) is 9.59 Å². The Hall–Kier alpha value is -1.33. The van der Waals surface area contributed by atoms with Crippen LogP contribution in [0.1, 0.15) is 41.4 Å². The van der Waals surface area contributed by atoms with Crippen LogP contribution < -0.4 is 16.2 Å². The Kier molecular flexibility index (Phi) is 6.23. The van der Waals surface area contributed by atoms with Crippen LogP contribution in [-0.4, -0.2) is 30.5 Å². The van der Waals surface area contributed by atoms with Gasteiger partial charge in [0.1, 0.15) is 5.56 Å². The molecule has 1 heterocycles. The molecule has 0 aromatic carbocycles. The topological polar surface area (TPSA) is 74.0 Å². The maximum absolute atomic E-state index is 12.0. The number of hydrogen-bond acceptors (Lipinski definition) is 3. The quantitative estimate of drug-likeness (QED) is 0.777. The van der Waals surface area contributed by atoms with Crippen LogP contribution in [0.4, 0.5) is 0 Å². The standard InChI is InChI=1S/C14H21N3O2.ClH/c1-9(15-2)8-16-13(18)11-7-10-5-3-4-6-12(10)17-14(11)19;/h7,9,15H,3-6,8H2,1-2H3,(H,16,18)(H,17,19);1H. The van der Waals surface area contributed by atoms with Crippen molar-refractivity contribution in [3.63, 3.8) is 0 Å². The van der Waals surface area contributed by atoms with Crippen molar-refractivity contribution in [2.24, 2.45) is 0 Å². The minimum Gasteiger partial charge on any atom is -0.350 e. The summed E-state index contributed by atoms with van der Waals surface area (Å²) in [7, 11) is 1.84. The van der Waals surface area contributed by atoms with Crippen LogP contribution >= 0.6 is 12.4 Å². The lowest BCUT2D eigenvalue weighted by Crippen LogP contribution is -2.39. The first-order valence-electron chi connectivity index (χ1n) is 6.82. The van der Waals surface area contributed by atoms with E-state index in [-0.39, 0.29) is 35.5 Å². The lowest BCUT2D eigenvalue weighted by atomic mass is 9.95. The van der Waals surface area contributed by atoms with Gasteiger partial charge in [0.25, 0.3) is 11.5 Å². The number of rotatable bonds is 4. The highest BCUT2D eigenvalue weighted by Crippen LogP contribution is 2.18. The number of fused-ring (bicyclic) bond motifs is 1. The number of amides is 1. The first kappa shape index (κ1) is 16.7. The molecule has 0 spiro atoms. The Morgan fingerprint density at radius 1 is 1.40 bits per heavy atom. The fraction of sp³-hybridized carbons (Fsp3) is 0.571. The maximum atomic E-state index is 12.0. The van der Waals surface area contributed by atoms with Gasteiger partial charge in [-0.1, -0.05) is 0 Å². The van der Waals surface area contributed by atoms with E-state index in [1.807, 2.05) is 14.0 Å². The van der Waals surface area contributed by atoms with Crippen molar-refractivity contribution < 1.29 is 4.79 Å². The molecule has 112 valence electrons. The van der Waals surface area contributed by atoms with Crippen LogP contribution in [0.15, 0.2) is 10.9 Å². The molecule has 0 aliphatic heterocycles. The van der Waals surface area contributed by atoms with E-state index in [2.05, 4.69) is 15.6 Å². The van der Waals surface area contributed by atoms with Gasteiger partial charge in [0, 0.05) is 18.3 Å². The molecule has 20 heavy (non-hydrogen) atoms. The molecule has 6 heteroatoms. The van der Waals surface area contributed by atoms with Crippen molar-refractivity contribution in [2.75, 3.05) is 13.6 Å². The number of carbonyl (C=O) groups excluding carboxylic acids is 1. The Labute approximate surface area is 125 Å². The first-order chi connectivity index (χ1) is 9.11. The van der Waals surface area contributed by atoms with Crippen molar-refractivity contribution >= 4 is 18.3 Å². The lowest BCUT2D eigenvalue weighted by Gasteiger charge is -2.16. The van der Waals surface area contributed by atoms with Crippen LogP contribution in [0.5, 0.6) is 0 Å². The molecule has 1 aromatic heterocycles. The predicted octanol–water partition coefficient (Wildman–Crippen LogP) is 1.01. The second kappa shape index (κ2) is 7.45. The minimum absolute atomic E-state index is 0. The zero-order valence-corrected chi connectivity index (χ0v) is 12.7. The van der Waals surface area contributed by atoms with Gasteiger partial charge >= 0.3 is 0 Å². The second-order valence-electron chi connectivity index (χ2n) is 5.12. The van der Waals surface area contributed by atoms with Gasteiger partial charge in [0.2, 0.25) is 0 Å². The smallest absolute Gasteiger partial charge is 0.261 e. The Bertz CT molecular complexity index is 528. The number of aromatic amines is 1. The first-order valence-corrected chi connectivity index (χ1v) is 6.82. The highest BCUT2D eigenvalue weighted by molar-refractivity contribution is 5.94. The Morgan fingerprint density at radius 2 is 2.10 bits per heavy atom. The van der Waals surface area contributed by atoms with Crippen LogP contribution in [0.3, 0.4) is 0 Å². The molecule has 0 radical (unpaired) electrons. The van der Waals surface area contributed by atoms with Crippen molar-refractivity contribution in [3.8, 4) is 0 Å². The zero-order chi connectivity index (χ0) is 13.8. The predicted molar refractivity (Wildman–Crippen MR) is 81.8 cm³/mol. The SMILES string of the molecule is CNC(C)CNC(=O)c1cc2c([nH]c1=O)CCCC2.Cl. The molecule has 1 amide bonds. The fourth-order valence-electron chi connectivity index (χ4n) is 2.29. The van der Waals surface area contributed by atoms with Gasteiger partial charge in [-0.3, -0.25) is 9.59 Å². The molecule has 3 N–H and O–H groups in total. The number of likely N-dealkylation sites (N-methyl/N-ethyl adjacent to an activating group) is 1. The van der Waals surface area contributed by atoms with Gasteiger partial charge in [0.05, 0.1) is 0 Å². The van der Waals surface area contributed by atoms with E-state index >= 15 is 0 Å². The molecule has 0 saturated heterocycles. The normalized spacial score (nSPS) is 14.9. The third kappa shape index (κ3) is 3.84. The molecule has 0 saturated carbocycles. The van der Waals surface area contributed by atoms with Gasteiger partial charge in [-0.05, 0) is 51.3 Å². The highest BCUT2D eigenvalue weighted by Gasteiger charge is 2.17. The maximum Gasteiger partial charge on any atom is 0.261 e. The second-order valence-corrected chi connectivity index (χ2v) is 5.12. The van der Waals surface area contributed by atoms with E-state index < -0.39 is 0 Å². The average molecular weight is 300 g/mol. The molecule has 1 atom stereocenters. The summed E-state index contributed by atoms with van der Waals surface area (Å²) >= 11 is 0. The highest BCUT2D eigenvalue weighted by atomic mass is 35.5. The van der Waals surface area contributed by atoms with Gasteiger partial charge in [-0.2, -0.15) is 0 Å². The van der Waals surface area contributed by atoms with Crippen molar-refractivity contribution in [1.29, 1.82) is 0 Å². The molecule has 1 aliphatic carbocycles. The van der Waals surface area contributed by atoms with Gasteiger partial charge in [0.15, 0.2) is 0 Å². The summed E-state index contributed by atoms with van der Waals surface area (Å²) in [4.78, 5) is 26.8. The Balaban J connectivity index is 0.00000200. The zero-order valence-electron chi connectivity index (χ0n) is 11.9. The molecular weight excluding hydrogens is 278 g/mol. The number of pyridine rings is 1. The number of carbonyl (C=O) groups is 1. The largest absolute Gasteiger partial charge is 0.350 e. The van der Waals surface area contributed by atoms with Gasteiger partial charge in [-0.15, -0.1) is 12.4 Å². The van der Waals surface area contributed by atoms with Crippen LogP contribution in [0.2, 0.25) is 0 Å². The van der Waals surface area contributed by atoms with E-state index in [4.69, 9.17) is 0 Å². The number of nitrogens with one attached hydrogen (secondary N) is 3. The fourth-order valence-corrected chi connectivity index (χ4v) is 2.29. The third-order valence-electron chi connectivity index (χ3n) is 3.64. The molecule has 1 aliphatic rings. The number of aryl methyl sites for hydroxylation is 2. The lowest BCUT2D eigenvalue weighted by molar-refractivity contribution is 0.0949. The van der Waals surface area contributed by atoms with Gasteiger partial charge < -0.3 is 15.6 Å². The molecule has 0 fully saturated rings. The monoisotopic (exact) mass is 299 g/mol. The average Bonchev–Trinajstić information content (AvgIpc) is 2.43. The summed E-state index contributed by atoms with van der Waals surface area (Å²) < 4.78 is 0. The number of H-pyrrole nitrogens is 1. The summed E-state index contributed by atoms with van der Waals surface area (Å²) in [5, 5.41) is 5.81. The van der Waals surface area contributed by atoms with E-state index in [0.29, 0.717) is 6.54 Å². The molecule has 2 rings (SSSR count).